The quantitative estimate of drug-likeness (QED) is 0.724. The number of amides is 1. The molecule has 0 aromatic carbocycles. The van der Waals surface area contributed by atoms with Gasteiger partial charge in [-0.2, -0.15) is 0 Å². The zero-order chi connectivity index (χ0) is 12.3. The van der Waals surface area contributed by atoms with Crippen molar-refractivity contribution in [1.82, 2.24) is 5.32 Å². The fraction of sp³-hybridized carbons (Fsp3) is 0.909. The molecule has 0 unspecified atom stereocenters. The van der Waals surface area contributed by atoms with E-state index in [4.69, 9.17) is 4.74 Å². The van der Waals surface area contributed by atoms with E-state index in [2.05, 4.69) is 5.32 Å². The Labute approximate surface area is 92.0 Å². The van der Waals surface area contributed by atoms with Crippen LogP contribution in [0.1, 0.15) is 41.5 Å². The van der Waals surface area contributed by atoms with Gasteiger partial charge in [0.25, 0.3) is 0 Å². The number of carbonyl (C=O) groups excluding carboxylic acids is 1. The second kappa shape index (κ2) is 4.94. The van der Waals surface area contributed by atoms with Crippen LogP contribution in [0.15, 0.2) is 0 Å². The van der Waals surface area contributed by atoms with Crippen LogP contribution in [0.5, 0.6) is 0 Å². The van der Waals surface area contributed by atoms with Gasteiger partial charge in [0.2, 0.25) is 5.91 Å². The van der Waals surface area contributed by atoms with Crippen molar-refractivity contribution in [2.75, 3.05) is 6.61 Å². The molecule has 2 N–H and O–H groups in total. The fourth-order valence-corrected chi connectivity index (χ4v) is 0.780. The Kier molecular flexibility index (Phi) is 4.74. The second-order valence-electron chi connectivity index (χ2n) is 5.09. The molecule has 0 aliphatic carbocycles. The molecule has 0 aliphatic heterocycles. The highest BCUT2D eigenvalue weighted by Gasteiger charge is 2.36. The molecule has 0 rings (SSSR count). The van der Waals surface area contributed by atoms with Gasteiger partial charge in [-0.1, -0.05) is 0 Å². The van der Waals surface area contributed by atoms with E-state index in [0.717, 1.165) is 0 Å². The molecule has 15 heavy (non-hydrogen) atoms. The van der Waals surface area contributed by atoms with Gasteiger partial charge in [0.15, 0.2) is 0 Å². The first-order chi connectivity index (χ1) is 6.56. The Balaban J connectivity index is 4.17. The first-order valence-electron chi connectivity index (χ1n) is 5.21. The normalized spacial score (nSPS) is 13.1. The van der Waals surface area contributed by atoms with E-state index >= 15 is 0 Å². The smallest absolute Gasteiger partial charge is 0.246 e. The van der Waals surface area contributed by atoms with E-state index in [1.54, 1.807) is 27.7 Å². The van der Waals surface area contributed by atoms with Crippen molar-refractivity contribution in [3.63, 3.8) is 0 Å². The number of rotatable bonds is 5. The zero-order valence-corrected chi connectivity index (χ0v) is 10.5. The average molecular weight is 217 g/mol. The van der Waals surface area contributed by atoms with Crippen molar-refractivity contribution < 1.29 is 14.6 Å². The highest BCUT2D eigenvalue weighted by molar-refractivity contribution is 5.78. The molecule has 0 spiro atoms. The van der Waals surface area contributed by atoms with Crippen molar-refractivity contribution >= 4 is 5.91 Å². The van der Waals surface area contributed by atoms with E-state index in [1.165, 1.54) is 0 Å². The van der Waals surface area contributed by atoms with Gasteiger partial charge in [0, 0.05) is 0 Å². The molecule has 0 aromatic heterocycles. The van der Waals surface area contributed by atoms with Crippen LogP contribution in [0.4, 0.5) is 0 Å². The second-order valence-corrected chi connectivity index (χ2v) is 5.09. The molecule has 4 heteroatoms. The van der Waals surface area contributed by atoms with E-state index < -0.39 is 11.1 Å². The topological polar surface area (TPSA) is 58.6 Å². The Hall–Kier alpha value is -0.610. The van der Waals surface area contributed by atoms with Crippen LogP contribution in [-0.4, -0.2) is 34.9 Å². The number of ether oxygens (including phenoxy) is 1. The third kappa shape index (κ3) is 5.14. The Morgan fingerprint density at radius 3 is 2.13 bits per heavy atom. The number of hydrogen-bond acceptors (Lipinski definition) is 3. The molecule has 0 bridgehead atoms. The molecule has 0 atom stereocenters. The standard InChI is InChI=1S/C11H23NO3/c1-8(2)15-7-9(13)12-10(3,4)11(5,6)14/h8,14H,7H2,1-6H3,(H,12,13). The highest BCUT2D eigenvalue weighted by atomic mass is 16.5. The summed E-state index contributed by atoms with van der Waals surface area (Å²) >= 11 is 0. The predicted molar refractivity (Wildman–Crippen MR) is 59.6 cm³/mol. The molecule has 0 aliphatic rings. The summed E-state index contributed by atoms with van der Waals surface area (Å²) in [6, 6.07) is 0. The van der Waals surface area contributed by atoms with Crippen molar-refractivity contribution in [3.8, 4) is 0 Å². The third-order valence-electron chi connectivity index (χ3n) is 2.53. The monoisotopic (exact) mass is 217 g/mol. The molecule has 0 heterocycles. The summed E-state index contributed by atoms with van der Waals surface area (Å²) in [4.78, 5) is 11.5. The molecular formula is C11H23NO3. The third-order valence-corrected chi connectivity index (χ3v) is 2.53. The maximum atomic E-state index is 11.5. The fourth-order valence-electron chi connectivity index (χ4n) is 0.780. The largest absolute Gasteiger partial charge is 0.388 e. The van der Waals surface area contributed by atoms with Crippen molar-refractivity contribution in [2.45, 2.75) is 58.8 Å². The van der Waals surface area contributed by atoms with Crippen LogP contribution >= 0.6 is 0 Å². The molecule has 0 aromatic rings. The summed E-state index contributed by atoms with van der Waals surface area (Å²) in [5, 5.41) is 12.6. The summed E-state index contributed by atoms with van der Waals surface area (Å²) in [5.74, 6) is -0.212. The lowest BCUT2D eigenvalue weighted by Crippen LogP contribution is -2.58. The van der Waals surface area contributed by atoms with Gasteiger partial charge in [-0.3, -0.25) is 4.79 Å². The number of hydrogen-bond donors (Lipinski definition) is 2. The van der Waals surface area contributed by atoms with Crippen LogP contribution in [0.2, 0.25) is 0 Å². The van der Waals surface area contributed by atoms with Crippen LogP contribution in [0.25, 0.3) is 0 Å². The van der Waals surface area contributed by atoms with E-state index in [0.29, 0.717) is 0 Å². The summed E-state index contributed by atoms with van der Waals surface area (Å²) < 4.78 is 5.17. The van der Waals surface area contributed by atoms with Gasteiger partial charge >= 0.3 is 0 Å². The van der Waals surface area contributed by atoms with E-state index in [-0.39, 0.29) is 18.6 Å². The zero-order valence-electron chi connectivity index (χ0n) is 10.5. The number of carbonyl (C=O) groups is 1. The van der Waals surface area contributed by atoms with Gasteiger partial charge in [-0.25, -0.2) is 0 Å². The lowest BCUT2D eigenvalue weighted by molar-refractivity contribution is -0.132. The van der Waals surface area contributed by atoms with Crippen molar-refractivity contribution in [3.05, 3.63) is 0 Å². The van der Waals surface area contributed by atoms with Gasteiger partial charge in [0.05, 0.1) is 17.2 Å². The lowest BCUT2D eigenvalue weighted by Gasteiger charge is -2.38. The molecule has 1 amide bonds. The van der Waals surface area contributed by atoms with Crippen LogP contribution < -0.4 is 5.32 Å². The summed E-state index contributed by atoms with van der Waals surface area (Å²) in [5.41, 5.74) is -1.65. The summed E-state index contributed by atoms with van der Waals surface area (Å²) in [6.07, 6.45) is 0.0287. The molecule has 0 saturated heterocycles. The predicted octanol–water partition coefficient (Wildman–Crippen LogP) is 1.08. The maximum absolute atomic E-state index is 11.5. The number of aliphatic hydroxyl groups is 1. The maximum Gasteiger partial charge on any atom is 0.246 e. The SMILES string of the molecule is CC(C)OCC(=O)NC(C)(C)C(C)(C)O. The molecule has 0 radical (unpaired) electrons. The molecule has 0 fully saturated rings. The summed E-state index contributed by atoms with van der Waals surface area (Å²) in [6.45, 7) is 10.6. The number of nitrogens with one attached hydrogen (secondary N) is 1. The molecular weight excluding hydrogens is 194 g/mol. The first kappa shape index (κ1) is 14.4. The van der Waals surface area contributed by atoms with Gasteiger partial charge < -0.3 is 15.2 Å². The van der Waals surface area contributed by atoms with Crippen molar-refractivity contribution in [1.29, 1.82) is 0 Å². The minimum absolute atomic E-state index is 0.0250. The molecule has 0 saturated carbocycles. The molecule has 4 nitrogen and oxygen atoms in total. The summed E-state index contributed by atoms with van der Waals surface area (Å²) in [7, 11) is 0. The highest BCUT2D eigenvalue weighted by Crippen LogP contribution is 2.20. The Morgan fingerprint density at radius 1 is 1.33 bits per heavy atom. The van der Waals surface area contributed by atoms with Gasteiger partial charge in [0.1, 0.15) is 6.61 Å². The van der Waals surface area contributed by atoms with Gasteiger partial charge in [-0.05, 0) is 41.5 Å². The van der Waals surface area contributed by atoms with Crippen LogP contribution in [0, 0.1) is 0 Å². The molecule has 90 valence electrons. The van der Waals surface area contributed by atoms with Gasteiger partial charge in [-0.15, -0.1) is 0 Å². The van der Waals surface area contributed by atoms with E-state index in [9.17, 15) is 9.90 Å². The minimum atomic E-state index is -0.972. The minimum Gasteiger partial charge on any atom is -0.388 e. The Morgan fingerprint density at radius 2 is 1.80 bits per heavy atom. The van der Waals surface area contributed by atoms with Crippen LogP contribution in [0.3, 0.4) is 0 Å². The van der Waals surface area contributed by atoms with E-state index in [1.807, 2.05) is 13.8 Å². The van der Waals surface area contributed by atoms with Crippen LogP contribution in [-0.2, 0) is 9.53 Å². The first-order valence-corrected chi connectivity index (χ1v) is 5.21. The van der Waals surface area contributed by atoms with Crippen molar-refractivity contribution in [2.24, 2.45) is 0 Å². The Bertz CT molecular complexity index is 216. The average Bonchev–Trinajstić information content (AvgIpc) is 1.97. The lowest BCUT2D eigenvalue weighted by atomic mass is 9.86.